The van der Waals surface area contributed by atoms with Gasteiger partial charge in [-0.2, -0.15) is 0 Å². The van der Waals surface area contributed by atoms with Crippen LogP contribution < -0.4 is 4.74 Å². The van der Waals surface area contributed by atoms with E-state index in [9.17, 15) is 4.79 Å². The number of piperidine rings is 1. The van der Waals surface area contributed by atoms with E-state index < -0.39 is 5.60 Å². The first-order valence-electron chi connectivity index (χ1n) is 8.00. The zero-order valence-corrected chi connectivity index (χ0v) is 14.5. The van der Waals surface area contributed by atoms with Gasteiger partial charge in [0.2, 0.25) is 0 Å². The first-order valence-corrected chi connectivity index (χ1v) is 8.00. The average molecular weight is 318 g/mol. The number of rotatable bonds is 3. The molecule has 0 radical (unpaired) electrons. The van der Waals surface area contributed by atoms with Crippen molar-refractivity contribution in [2.75, 3.05) is 20.2 Å². The van der Waals surface area contributed by atoms with Crippen molar-refractivity contribution in [3.05, 3.63) is 29.8 Å². The van der Waals surface area contributed by atoms with Gasteiger partial charge in [0.15, 0.2) is 0 Å². The molecule has 0 N–H and O–H groups in total. The molecule has 5 heteroatoms. The minimum absolute atomic E-state index is 0.230. The number of hydrogen-bond acceptors (Lipinski definition) is 4. The van der Waals surface area contributed by atoms with Crippen molar-refractivity contribution in [3.8, 4) is 5.75 Å². The Hall–Kier alpha value is -2.04. The molecule has 1 aliphatic heterocycles. The Morgan fingerprint density at radius 1 is 1.17 bits per heavy atom. The van der Waals surface area contributed by atoms with E-state index in [2.05, 4.69) is 4.99 Å². The molecule has 1 fully saturated rings. The third kappa shape index (κ3) is 5.58. The number of benzene rings is 1. The Morgan fingerprint density at radius 3 is 2.30 bits per heavy atom. The lowest BCUT2D eigenvalue weighted by Crippen LogP contribution is -2.41. The average Bonchev–Trinajstić information content (AvgIpc) is 2.52. The third-order valence-corrected chi connectivity index (χ3v) is 3.64. The SMILES string of the molecule is COc1ccc(CN=C2CCN(C(=O)OC(C)(C)C)CC2)cc1. The Balaban J connectivity index is 1.82. The molecule has 1 aromatic rings. The summed E-state index contributed by atoms with van der Waals surface area (Å²) in [5.74, 6) is 0.854. The Morgan fingerprint density at radius 2 is 1.78 bits per heavy atom. The topological polar surface area (TPSA) is 51.1 Å². The summed E-state index contributed by atoms with van der Waals surface area (Å²) in [5.41, 5.74) is 1.88. The molecule has 0 spiro atoms. The highest BCUT2D eigenvalue weighted by atomic mass is 16.6. The number of hydrogen-bond donors (Lipinski definition) is 0. The number of methoxy groups -OCH3 is 1. The second kappa shape index (κ2) is 7.49. The molecule has 1 aliphatic rings. The first kappa shape index (κ1) is 17.3. The summed E-state index contributed by atoms with van der Waals surface area (Å²) in [6, 6.07) is 7.94. The molecular formula is C18H26N2O3. The van der Waals surface area contributed by atoms with E-state index in [0.717, 1.165) is 24.2 Å². The number of carbonyl (C=O) groups is 1. The van der Waals surface area contributed by atoms with Crippen LogP contribution in [0, 0.1) is 0 Å². The van der Waals surface area contributed by atoms with Crippen molar-refractivity contribution in [2.24, 2.45) is 4.99 Å². The fraction of sp³-hybridized carbons (Fsp3) is 0.556. The van der Waals surface area contributed by atoms with Gasteiger partial charge in [-0.3, -0.25) is 4.99 Å². The van der Waals surface area contributed by atoms with E-state index in [1.807, 2.05) is 45.0 Å². The summed E-state index contributed by atoms with van der Waals surface area (Å²) >= 11 is 0. The van der Waals surface area contributed by atoms with Gasteiger partial charge in [-0.25, -0.2) is 4.79 Å². The van der Waals surface area contributed by atoms with Crippen molar-refractivity contribution in [1.82, 2.24) is 4.90 Å². The predicted molar refractivity (Wildman–Crippen MR) is 91.2 cm³/mol. The molecule has 0 saturated carbocycles. The lowest BCUT2D eigenvalue weighted by molar-refractivity contribution is 0.0249. The van der Waals surface area contributed by atoms with Crippen LogP contribution in [0.25, 0.3) is 0 Å². The molecule has 5 nitrogen and oxygen atoms in total. The van der Waals surface area contributed by atoms with Crippen LogP contribution in [-0.4, -0.2) is 42.5 Å². The number of nitrogens with zero attached hydrogens (tertiary/aromatic N) is 2. The lowest BCUT2D eigenvalue weighted by Gasteiger charge is -2.30. The van der Waals surface area contributed by atoms with E-state index in [1.165, 1.54) is 5.71 Å². The Bertz CT molecular complexity index is 549. The Labute approximate surface area is 138 Å². The number of aliphatic imine (C=N–C) groups is 1. The van der Waals surface area contributed by atoms with E-state index in [-0.39, 0.29) is 6.09 Å². The minimum atomic E-state index is -0.445. The number of likely N-dealkylation sites (tertiary alicyclic amines) is 1. The Kier molecular flexibility index (Phi) is 5.64. The van der Waals surface area contributed by atoms with Gasteiger partial charge in [-0.1, -0.05) is 12.1 Å². The fourth-order valence-corrected chi connectivity index (χ4v) is 2.37. The molecule has 0 atom stereocenters. The lowest BCUT2D eigenvalue weighted by atomic mass is 10.1. The van der Waals surface area contributed by atoms with Crippen molar-refractivity contribution < 1.29 is 14.3 Å². The van der Waals surface area contributed by atoms with Gasteiger partial charge in [0.25, 0.3) is 0 Å². The maximum Gasteiger partial charge on any atom is 0.410 e. The molecule has 1 aromatic carbocycles. The van der Waals surface area contributed by atoms with Crippen LogP contribution in [0.4, 0.5) is 4.79 Å². The van der Waals surface area contributed by atoms with Crippen LogP contribution in [0.3, 0.4) is 0 Å². The second-order valence-electron chi connectivity index (χ2n) is 6.70. The number of amides is 1. The number of ether oxygens (including phenoxy) is 2. The van der Waals surface area contributed by atoms with Gasteiger partial charge < -0.3 is 14.4 Å². The maximum atomic E-state index is 12.0. The highest BCUT2D eigenvalue weighted by Crippen LogP contribution is 2.16. The van der Waals surface area contributed by atoms with Crippen LogP contribution in [0.1, 0.15) is 39.2 Å². The molecule has 0 unspecified atom stereocenters. The molecule has 1 saturated heterocycles. The summed E-state index contributed by atoms with van der Waals surface area (Å²) < 4.78 is 10.5. The molecule has 0 aliphatic carbocycles. The van der Waals surface area contributed by atoms with Gasteiger partial charge in [0.1, 0.15) is 11.4 Å². The maximum absolute atomic E-state index is 12.0. The molecule has 0 bridgehead atoms. The summed E-state index contributed by atoms with van der Waals surface area (Å²) in [6.45, 7) is 7.68. The van der Waals surface area contributed by atoms with Crippen molar-refractivity contribution in [1.29, 1.82) is 0 Å². The third-order valence-electron chi connectivity index (χ3n) is 3.64. The van der Waals surface area contributed by atoms with Crippen molar-refractivity contribution in [3.63, 3.8) is 0 Å². The molecule has 1 amide bonds. The van der Waals surface area contributed by atoms with Gasteiger partial charge in [-0.05, 0) is 38.5 Å². The standard InChI is InChI=1S/C18H26N2O3/c1-18(2,3)23-17(21)20-11-9-15(10-12-20)19-13-14-5-7-16(22-4)8-6-14/h5-8H,9-13H2,1-4H3. The minimum Gasteiger partial charge on any atom is -0.497 e. The highest BCUT2D eigenvalue weighted by Gasteiger charge is 2.24. The summed E-state index contributed by atoms with van der Waals surface area (Å²) in [5, 5.41) is 0. The zero-order chi connectivity index (χ0) is 16.9. The summed E-state index contributed by atoms with van der Waals surface area (Å²) in [4.78, 5) is 18.4. The molecule has 126 valence electrons. The van der Waals surface area contributed by atoms with E-state index in [4.69, 9.17) is 9.47 Å². The first-order chi connectivity index (χ1) is 10.9. The van der Waals surface area contributed by atoms with E-state index in [1.54, 1.807) is 12.0 Å². The molecule has 1 heterocycles. The molecule has 0 aromatic heterocycles. The monoisotopic (exact) mass is 318 g/mol. The normalized spacial score (nSPS) is 15.3. The van der Waals surface area contributed by atoms with Crippen LogP contribution in [0.2, 0.25) is 0 Å². The molecule has 2 rings (SSSR count). The molecule has 23 heavy (non-hydrogen) atoms. The van der Waals surface area contributed by atoms with Gasteiger partial charge >= 0.3 is 6.09 Å². The van der Waals surface area contributed by atoms with E-state index in [0.29, 0.717) is 19.6 Å². The fourth-order valence-electron chi connectivity index (χ4n) is 2.37. The van der Waals surface area contributed by atoms with Crippen molar-refractivity contribution in [2.45, 2.75) is 45.8 Å². The quantitative estimate of drug-likeness (QED) is 0.854. The van der Waals surface area contributed by atoms with Gasteiger partial charge in [0.05, 0.1) is 13.7 Å². The van der Waals surface area contributed by atoms with Crippen molar-refractivity contribution >= 4 is 11.8 Å². The summed E-state index contributed by atoms with van der Waals surface area (Å²) in [7, 11) is 1.66. The van der Waals surface area contributed by atoms with Gasteiger partial charge in [0, 0.05) is 31.6 Å². The van der Waals surface area contributed by atoms with E-state index >= 15 is 0 Å². The van der Waals surface area contributed by atoms with Crippen LogP contribution >= 0.6 is 0 Å². The zero-order valence-electron chi connectivity index (χ0n) is 14.5. The number of carbonyl (C=O) groups excluding carboxylic acids is 1. The molecular weight excluding hydrogens is 292 g/mol. The smallest absolute Gasteiger partial charge is 0.410 e. The predicted octanol–water partition coefficient (Wildman–Crippen LogP) is 3.67. The largest absolute Gasteiger partial charge is 0.497 e. The van der Waals surface area contributed by atoms with Crippen LogP contribution in [-0.2, 0) is 11.3 Å². The second-order valence-corrected chi connectivity index (χ2v) is 6.70. The summed E-state index contributed by atoms with van der Waals surface area (Å²) in [6.07, 6.45) is 1.40. The highest BCUT2D eigenvalue weighted by molar-refractivity contribution is 5.86. The van der Waals surface area contributed by atoms with Gasteiger partial charge in [-0.15, -0.1) is 0 Å². The van der Waals surface area contributed by atoms with Crippen LogP contribution in [0.5, 0.6) is 5.75 Å². The van der Waals surface area contributed by atoms with Crippen LogP contribution in [0.15, 0.2) is 29.3 Å².